The number of anilines is 1. The largest absolute Gasteiger partial charge is 0.354 e. The summed E-state index contributed by atoms with van der Waals surface area (Å²) in [4.78, 5) is 13.4. The van der Waals surface area contributed by atoms with Gasteiger partial charge in [-0.05, 0) is 72.4 Å². The van der Waals surface area contributed by atoms with Crippen molar-refractivity contribution in [1.29, 1.82) is 0 Å². The van der Waals surface area contributed by atoms with Crippen LogP contribution in [0.15, 0.2) is 20.7 Å². The van der Waals surface area contributed by atoms with E-state index in [-0.39, 0.29) is 4.21 Å². The maximum absolute atomic E-state index is 13.3. The number of urea groups is 1. The van der Waals surface area contributed by atoms with Crippen LogP contribution in [0.5, 0.6) is 0 Å². The van der Waals surface area contributed by atoms with Crippen LogP contribution < -0.4 is 15.8 Å². The summed E-state index contributed by atoms with van der Waals surface area (Å²) in [5, 5.41) is 11.5. The minimum Gasteiger partial charge on any atom is -0.305 e. The number of nitrogens with two attached hydrogens (primary N) is 1. The molecule has 1 aliphatic heterocycles. The van der Waals surface area contributed by atoms with E-state index in [1.54, 1.807) is 0 Å². The van der Waals surface area contributed by atoms with Crippen LogP contribution in [-0.4, -0.2) is 23.2 Å². The van der Waals surface area contributed by atoms with E-state index in [4.69, 9.17) is 5.14 Å². The predicted molar refractivity (Wildman–Crippen MR) is 113 cm³/mol. The number of nitrogens with one attached hydrogen (secondary N) is 2. The fourth-order valence-electron chi connectivity index (χ4n) is 4.59. The van der Waals surface area contributed by atoms with Gasteiger partial charge in [-0.3, -0.25) is 0 Å². The molecule has 0 saturated carbocycles. The lowest BCUT2D eigenvalue weighted by atomic mass is 9.83. The number of carbonyl (C=O) groups excluding carboxylic acids is 1. The van der Waals surface area contributed by atoms with Crippen molar-refractivity contribution in [3.05, 3.63) is 44.8 Å². The number of nitrogens with zero attached hydrogens (tertiary/aromatic N) is 1. The van der Waals surface area contributed by atoms with Gasteiger partial charge in [0.2, 0.25) is 0 Å². The Hall–Kier alpha value is -1.88. The second-order valence-electron chi connectivity index (χ2n) is 7.93. The maximum Gasteiger partial charge on any atom is 0.354 e. The zero-order valence-corrected chi connectivity index (χ0v) is 17.8. The third-order valence-corrected chi connectivity index (χ3v) is 9.21. The number of halogens is 2. The Labute approximate surface area is 177 Å². The second kappa shape index (κ2) is 7.37. The summed E-state index contributed by atoms with van der Waals surface area (Å²) >= 11 is 1.10. The van der Waals surface area contributed by atoms with Crippen LogP contribution in [-0.2, 0) is 42.0 Å². The van der Waals surface area contributed by atoms with Crippen molar-refractivity contribution >= 4 is 33.0 Å². The van der Waals surface area contributed by atoms with E-state index >= 15 is 0 Å². The quantitative estimate of drug-likeness (QED) is 0.662. The lowest BCUT2D eigenvalue weighted by Gasteiger charge is -2.25. The molecule has 3 aliphatic rings. The van der Waals surface area contributed by atoms with Crippen molar-refractivity contribution in [1.82, 2.24) is 5.32 Å². The minimum atomic E-state index is -3.53. The van der Waals surface area contributed by atoms with Gasteiger partial charge in [0.05, 0.1) is 6.04 Å². The maximum atomic E-state index is 13.3. The summed E-state index contributed by atoms with van der Waals surface area (Å²) in [7, 11) is -3.53. The fourth-order valence-corrected chi connectivity index (χ4v) is 7.09. The van der Waals surface area contributed by atoms with Crippen LogP contribution >= 0.6 is 11.3 Å². The summed E-state index contributed by atoms with van der Waals surface area (Å²) in [6, 6.07) is 1.76. The minimum absolute atomic E-state index is 0.156. The molecule has 2 heterocycles. The average molecular weight is 453 g/mol. The summed E-state index contributed by atoms with van der Waals surface area (Å²) in [6.07, 6.45) is 2.80. The van der Waals surface area contributed by atoms with Crippen molar-refractivity contribution in [2.45, 2.75) is 55.2 Å². The molecule has 2 amide bonds. The molecule has 2 atom stereocenters. The molecule has 10 heteroatoms. The number of hydrogen-bond acceptors (Lipinski definition) is 4. The van der Waals surface area contributed by atoms with Crippen molar-refractivity contribution in [3.63, 3.8) is 0 Å². The molecule has 2 aromatic rings. The number of fused-ring (bicyclic) bond motifs is 3. The smallest absolute Gasteiger partial charge is 0.305 e. The van der Waals surface area contributed by atoms with E-state index in [2.05, 4.69) is 21.1 Å². The van der Waals surface area contributed by atoms with Gasteiger partial charge in [0, 0.05) is 17.1 Å². The first kappa shape index (κ1) is 20.0. The standard InChI is InChI=1S/C20H22F2N4O2S2/c21-19(22)18-14-9-16(29-15(14)6-7-24-18)30(23,28)26-20(27)25-17-12-3-1-2-10(12)8-11-4-5-13(11)17/h8-9,18-19,24H,1-7H2,(H3,23,25,26,27,28)/t18-,30?/m0/s1. The van der Waals surface area contributed by atoms with Crippen LogP contribution in [0.25, 0.3) is 0 Å². The molecule has 1 unspecified atom stereocenters. The molecule has 2 aliphatic carbocycles. The highest BCUT2D eigenvalue weighted by molar-refractivity contribution is 7.93. The molecule has 5 rings (SSSR count). The van der Waals surface area contributed by atoms with Gasteiger partial charge in [0.25, 0.3) is 6.43 Å². The van der Waals surface area contributed by atoms with Crippen LogP contribution in [0.4, 0.5) is 19.3 Å². The number of carbonyl (C=O) groups is 1. The summed E-state index contributed by atoms with van der Waals surface area (Å²) in [5.74, 6) is 0. The number of hydrogen-bond donors (Lipinski definition) is 3. The third kappa shape index (κ3) is 3.35. The van der Waals surface area contributed by atoms with Gasteiger partial charge in [0.1, 0.15) is 4.21 Å². The van der Waals surface area contributed by atoms with Gasteiger partial charge in [-0.2, -0.15) is 0 Å². The second-order valence-corrected chi connectivity index (χ2v) is 11.1. The topological polar surface area (TPSA) is 96.6 Å². The molecule has 30 heavy (non-hydrogen) atoms. The zero-order valence-electron chi connectivity index (χ0n) is 16.2. The molecule has 160 valence electrons. The highest BCUT2D eigenvalue weighted by Crippen LogP contribution is 2.40. The molecule has 0 spiro atoms. The molecule has 1 aromatic carbocycles. The molecule has 1 aromatic heterocycles. The lowest BCUT2D eigenvalue weighted by molar-refractivity contribution is 0.0958. The molecule has 4 N–H and O–H groups in total. The van der Waals surface area contributed by atoms with Crippen molar-refractivity contribution in [3.8, 4) is 0 Å². The SMILES string of the molecule is NS(=O)(=NC(=O)Nc1c2c(cc3c1CC3)CCC2)c1cc2c(s1)CCN[C@@H]2C(F)F. The van der Waals surface area contributed by atoms with Crippen molar-refractivity contribution in [2.75, 3.05) is 11.9 Å². The number of benzene rings is 1. The van der Waals surface area contributed by atoms with E-state index in [0.717, 1.165) is 60.3 Å². The summed E-state index contributed by atoms with van der Waals surface area (Å²) < 4.78 is 43.5. The predicted octanol–water partition coefficient (Wildman–Crippen LogP) is 3.72. The van der Waals surface area contributed by atoms with E-state index < -0.39 is 28.4 Å². The van der Waals surface area contributed by atoms with Crippen LogP contribution in [0.3, 0.4) is 0 Å². The molecule has 0 radical (unpaired) electrons. The Balaban J connectivity index is 1.45. The number of amides is 2. The number of rotatable bonds is 3. The molecule has 0 fully saturated rings. The van der Waals surface area contributed by atoms with Crippen LogP contribution in [0.1, 0.15) is 45.2 Å². The Morgan fingerprint density at radius 2 is 1.97 bits per heavy atom. The van der Waals surface area contributed by atoms with Crippen molar-refractivity contribution in [2.24, 2.45) is 9.50 Å². The zero-order chi connectivity index (χ0) is 21.0. The summed E-state index contributed by atoms with van der Waals surface area (Å²) in [6.45, 7) is 0.412. The van der Waals surface area contributed by atoms with E-state index in [0.29, 0.717) is 23.4 Å². The van der Waals surface area contributed by atoms with Crippen molar-refractivity contribution < 1.29 is 17.8 Å². The van der Waals surface area contributed by atoms with Gasteiger partial charge < -0.3 is 10.6 Å². The summed E-state index contributed by atoms with van der Waals surface area (Å²) in [5.41, 5.74) is 5.96. The van der Waals surface area contributed by atoms with Crippen LogP contribution in [0, 0.1) is 0 Å². The highest BCUT2D eigenvalue weighted by atomic mass is 32.2. The van der Waals surface area contributed by atoms with Gasteiger partial charge in [0.15, 0.2) is 9.92 Å². The molecule has 0 saturated heterocycles. The number of thiophene rings is 1. The fraction of sp³-hybridized carbons (Fsp3) is 0.450. The molecule has 6 nitrogen and oxygen atoms in total. The normalized spacial score (nSPS) is 21.3. The monoisotopic (exact) mass is 452 g/mol. The number of aryl methyl sites for hydroxylation is 2. The third-order valence-electron chi connectivity index (χ3n) is 6.11. The Morgan fingerprint density at radius 3 is 2.70 bits per heavy atom. The Bertz CT molecular complexity index is 1170. The molecular formula is C20H22F2N4O2S2. The van der Waals surface area contributed by atoms with E-state index in [1.165, 1.54) is 17.2 Å². The van der Waals surface area contributed by atoms with Gasteiger partial charge in [-0.1, -0.05) is 6.07 Å². The van der Waals surface area contributed by atoms with Gasteiger partial charge >= 0.3 is 6.03 Å². The molecular weight excluding hydrogens is 430 g/mol. The first-order chi connectivity index (χ1) is 14.3. The molecule has 0 bridgehead atoms. The Morgan fingerprint density at radius 1 is 1.20 bits per heavy atom. The average Bonchev–Trinajstić information content (AvgIpc) is 3.30. The van der Waals surface area contributed by atoms with Gasteiger partial charge in [-0.15, -0.1) is 15.7 Å². The Kier molecular flexibility index (Phi) is 4.92. The van der Waals surface area contributed by atoms with E-state index in [1.807, 2.05) is 0 Å². The highest BCUT2D eigenvalue weighted by Gasteiger charge is 2.31. The first-order valence-electron chi connectivity index (χ1n) is 10.00. The van der Waals surface area contributed by atoms with E-state index in [9.17, 15) is 17.8 Å². The van der Waals surface area contributed by atoms with Gasteiger partial charge in [-0.25, -0.2) is 22.9 Å². The van der Waals surface area contributed by atoms with Crippen LogP contribution in [0.2, 0.25) is 0 Å². The lowest BCUT2D eigenvalue weighted by Crippen LogP contribution is -2.33. The first-order valence-corrected chi connectivity index (χ1v) is 12.4. The number of alkyl halides is 2.